The molecule has 2 unspecified atom stereocenters. The molecule has 0 saturated heterocycles. The molecule has 1 amide bonds. The minimum Gasteiger partial charge on any atom is -0.497 e. The van der Waals surface area contributed by atoms with Gasteiger partial charge in [0, 0.05) is 24.7 Å². The first kappa shape index (κ1) is 23.9. The van der Waals surface area contributed by atoms with Crippen LogP contribution in [0.3, 0.4) is 0 Å². The lowest BCUT2D eigenvalue weighted by molar-refractivity contribution is -0.138. The first-order valence-corrected chi connectivity index (χ1v) is 10.6. The molecule has 0 spiro atoms. The SMILES string of the molecule is C=CCC1C(=O)N(CCN(C)C)c2cccc(C(F)(F)F)c2CC1c1ccc(OC)cc1. The smallest absolute Gasteiger partial charge is 0.416 e. The largest absolute Gasteiger partial charge is 0.497 e. The summed E-state index contributed by atoms with van der Waals surface area (Å²) in [5, 5.41) is 0. The molecule has 2 aromatic rings. The Labute approximate surface area is 187 Å². The number of alkyl halides is 3. The zero-order valence-corrected chi connectivity index (χ0v) is 18.7. The van der Waals surface area contributed by atoms with Gasteiger partial charge < -0.3 is 14.5 Å². The molecule has 4 nitrogen and oxygen atoms in total. The van der Waals surface area contributed by atoms with Crippen molar-refractivity contribution in [2.45, 2.75) is 24.9 Å². The number of hydrogen-bond donors (Lipinski definition) is 0. The standard InChI is InChI=1S/C25H29F3N2O2/c1-5-7-19-20(17-10-12-18(32-4)13-11-17)16-21-22(25(26,27)28)8-6-9-23(21)30(24(19)31)15-14-29(2)3/h5-6,8-13,19-20H,1,7,14-16H2,2-4H3. The summed E-state index contributed by atoms with van der Waals surface area (Å²) in [5.74, 6) is -0.460. The van der Waals surface area contributed by atoms with Crippen LogP contribution in [0.25, 0.3) is 0 Å². The molecule has 0 saturated carbocycles. The molecule has 2 atom stereocenters. The van der Waals surface area contributed by atoms with E-state index in [0.717, 1.165) is 11.6 Å². The third-order valence-electron chi connectivity index (χ3n) is 5.98. The highest BCUT2D eigenvalue weighted by Gasteiger charge is 2.42. The van der Waals surface area contributed by atoms with Crippen molar-refractivity contribution in [3.8, 4) is 5.75 Å². The number of benzene rings is 2. The van der Waals surface area contributed by atoms with Crippen LogP contribution in [0, 0.1) is 5.92 Å². The fraction of sp³-hybridized carbons (Fsp3) is 0.400. The zero-order chi connectivity index (χ0) is 23.5. The summed E-state index contributed by atoms with van der Waals surface area (Å²) in [5.41, 5.74) is 0.634. The molecular weight excluding hydrogens is 417 g/mol. The topological polar surface area (TPSA) is 32.8 Å². The molecule has 3 rings (SSSR count). The van der Waals surface area contributed by atoms with Gasteiger partial charge in [-0.3, -0.25) is 4.79 Å². The van der Waals surface area contributed by atoms with Crippen molar-refractivity contribution in [1.29, 1.82) is 0 Å². The number of ether oxygens (including phenoxy) is 1. The number of rotatable bonds is 7. The van der Waals surface area contributed by atoms with E-state index in [1.165, 1.54) is 11.0 Å². The lowest BCUT2D eigenvalue weighted by atomic mass is 9.79. The molecule has 1 heterocycles. The number of hydrogen-bond acceptors (Lipinski definition) is 3. The van der Waals surface area contributed by atoms with Crippen molar-refractivity contribution in [2.75, 3.05) is 39.2 Å². The Morgan fingerprint density at radius 3 is 2.44 bits per heavy atom. The van der Waals surface area contributed by atoms with Gasteiger partial charge in [0.25, 0.3) is 0 Å². The van der Waals surface area contributed by atoms with Crippen molar-refractivity contribution >= 4 is 11.6 Å². The number of likely N-dealkylation sites (N-methyl/N-ethyl adjacent to an activating group) is 1. The molecular formula is C25H29F3N2O2. The van der Waals surface area contributed by atoms with Crippen molar-refractivity contribution in [3.05, 3.63) is 71.8 Å². The van der Waals surface area contributed by atoms with E-state index in [-0.39, 0.29) is 17.9 Å². The molecule has 0 fully saturated rings. The molecule has 2 aromatic carbocycles. The van der Waals surface area contributed by atoms with Crippen LogP contribution >= 0.6 is 0 Å². The number of carbonyl (C=O) groups is 1. The van der Waals surface area contributed by atoms with Gasteiger partial charge in [0.2, 0.25) is 5.91 Å². The second-order valence-electron chi connectivity index (χ2n) is 8.31. The van der Waals surface area contributed by atoms with Crippen LogP contribution < -0.4 is 9.64 Å². The summed E-state index contributed by atoms with van der Waals surface area (Å²) in [6.07, 6.45) is -2.35. The molecule has 1 aliphatic rings. The summed E-state index contributed by atoms with van der Waals surface area (Å²) in [6.45, 7) is 4.65. The van der Waals surface area contributed by atoms with E-state index >= 15 is 0 Å². The van der Waals surface area contributed by atoms with E-state index < -0.39 is 23.6 Å². The average molecular weight is 447 g/mol. The molecule has 172 valence electrons. The Kier molecular flexibility index (Phi) is 7.29. The van der Waals surface area contributed by atoms with Crippen LogP contribution in [0.15, 0.2) is 55.1 Å². The van der Waals surface area contributed by atoms with E-state index in [0.29, 0.717) is 30.9 Å². The number of halogens is 3. The highest BCUT2D eigenvalue weighted by Crippen LogP contribution is 2.44. The van der Waals surface area contributed by atoms with Gasteiger partial charge in [0.1, 0.15) is 5.75 Å². The summed E-state index contributed by atoms with van der Waals surface area (Å²) < 4.78 is 47.2. The highest BCUT2D eigenvalue weighted by molar-refractivity contribution is 5.97. The van der Waals surface area contributed by atoms with Crippen molar-refractivity contribution in [2.24, 2.45) is 5.92 Å². The number of nitrogens with zero attached hydrogens (tertiary/aromatic N) is 2. The zero-order valence-electron chi connectivity index (χ0n) is 18.7. The fourth-order valence-electron chi connectivity index (χ4n) is 4.34. The minimum absolute atomic E-state index is 0.111. The van der Waals surface area contributed by atoms with Gasteiger partial charge in [0.05, 0.1) is 12.7 Å². The van der Waals surface area contributed by atoms with Gasteiger partial charge in [-0.25, -0.2) is 0 Å². The second kappa shape index (κ2) is 9.77. The van der Waals surface area contributed by atoms with E-state index in [1.54, 1.807) is 31.4 Å². The molecule has 32 heavy (non-hydrogen) atoms. The Morgan fingerprint density at radius 1 is 1.19 bits per heavy atom. The summed E-state index contributed by atoms with van der Waals surface area (Å²) in [4.78, 5) is 17.2. The van der Waals surface area contributed by atoms with Gasteiger partial charge in [0.15, 0.2) is 0 Å². The van der Waals surface area contributed by atoms with Gasteiger partial charge in [-0.1, -0.05) is 24.3 Å². The Morgan fingerprint density at radius 2 is 1.88 bits per heavy atom. The maximum atomic E-state index is 14.0. The van der Waals surface area contributed by atoms with Crippen molar-refractivity contribution in [1.82, 2.24) is 4.90 Å². The predicted octanol–water partition coefficient (Wildman–Crippen LogP) is 5.14. The molecule has 0 aromatic heterocycles. The minimum atomic E-state index is -4.51. The molecule has 0 aliphatic carbocycles. The monoisotopic (exact) mass is 446 g/mol. The predicted molar refractivity (Wildman–Crippen MR) is 120 cm³/mol. The Bertz CT molecular complexity index is 955. The number of methoxy groups -OCH3 is 1. The van der Waals surface area contributed by atoms with Crippen LogP contribution in [0.5, 0.6) is 5.75 Å². The molecule has 0 N–H and O–H groups in total. The van der Waals surface area contributed by atoms with E-state index in [9.17, 15) is 18.0 Å². The van der Waals surface area contributed by atoms with E-state index in [2.05, 4.69) is 6.58 Å². The number of amides is 1. The van der Waals surface area contributed by atoms with Crippen molar-refractivity contribution < 1.29 is 22.7 Å². The third kappa shape index (κ3) is 4.99. The summed E-state index contributed by atoms with van der Waals surface area (Å²) in [7, 11) is 5.30. The maximum absolute atomic E-state index is 14.0. The molecule has 1 aliphatic heterocycles. The van der Waals surface area contributed by atoms with Crippen molar-refractivity contribution in [3.63, 3.8) is 0 Å². The van der Waals surface area contributed by atoms with Crippen LogP contribution in [0.4, 0.5) is 18.9 Å². The lowest BCUT2D eigenvalue weighted by Crippen LogP contribution is -2.41. The fourth-order valence-corrected chi connectivity index (χ4v) is 4.34. The van der Waals surface area contributed by atoms with E-state index in [1.807, 2.05) is 31.1 Å². The summed E-state index contributed by atoms with van der Waals surface area (Å²) in [6, 6.07) is 11.3. The highest BCUT2D eigenvalue weighted by atomic mass is 19.4. The van der Waals surface area contributed by atoms with Gasteiger partial charge >= 0.3 is 6.18 Å². The average Bonchev–Trinajstić information content (AvgIpc) is 2.86. The lowest BCUT2D eigenvalue weighted by Gasteiger charge is -2.29. The van der Waals surface area contributed by atoms with Crippen LogP contribution in [-0.2, 0) is 17.4 Å². The number of carbonyl (C=O) groups excluding carboxylic acids is 1. The Balaban J connectivity index is 2.19. The van der Waals surface area contributed by atoms with Crippen LogP contribution in [0.1, 0.15) is 29.0 Å². The van der Waals surface area contributed by atoms with Gasteiger partial charge in [-0.15, -0.1) is 6.58 Å². The quantitative estimate of drug-likeness (QED) is 0.552. The van der Waals surface area contributed by atoms with Crippen LogP contribution in [0.2, 0.25) is 0 Å². The van der Waals surface area contributed by atoms with Crippen LogP contribution in [-0.4, -0.2) is 45.1 Å². The maximum Gasteiger partial charge on any atom is 0.416 e. The molecule has 0 radical (unpaired) electrons. The number of allylic oxidation sites excluding steroid dienone is 1. The molecule has 0 bridgehead atoms. The second-order valence-corrected chi connectivity index (χ2v) is 8.31. The third-order valence-corrected chi connectivity index (χ3v) is 5.98. The first-order valence-electron chi connectivity index (χ1n) is 10.6. The number of fused-ring (bicyclic) bond motifs is 1. The summed E-state index contributed by atoms with van der Waals surface area (Å²) >= 11 is 0. The van der Waals surface area contributed by atoms with E-state index in [4.69, 9.17) is 4.74 Å². The van der Waals surface area contributed by atoms with Gasteiger partial charge in [-0.05, 0) is 68.2 Å². The van der Waals surface area contributed by atoms with Gasteiger partial charge in [-0.2, -0.15) is 13.2 Å². The Hall–Kier alpha value is -2.80. The number of anilines is 1. The normalized spacial score (nSPS) is 19.0. The molecule has 7 heteroatoms. The first-order chi connectivity index (χ1) is 15.2.